The Kier molecular flexibility index (Phi) is 5.40. The number of aliphatic hydroxyl groups excluding tert-OH is 1. The highest BCUT2D eigenvalue weighted by Crippen LogP contribution is 2.22. The van der Waals surface area contributed by atoms with Crippen molar-refractivity contribution in [2.24, 2.45) is 0 Å². The third kappa shape index (κ3) is 4.20. The number of rotatable bonds is 5. The molecular weight excluding hydrogens is 347 g/mol. The van der Waals surface area contributed by atoms with Gasteiger partial charge in [0.1, 0.15) is 18.2 Å². The lowest BCUT2D eigenvalue weighted by molar-refractivity contribution is 0.107. The second-order valence-corrected chi connectivity index (χ2v) is 5.57. The summed E-state index contributed by atoms with van der Waals surface area (Å²) in [5.41, 5.74) is 0.701. The fourth-order valence-electron chi connectivity index (χ4n) is 1.77. The summed E-state index contributed by atoms with van der Waals surface area (Å²) in [7, 11) is 0. The van der Waals surface area contributed by atoms with Crippen molar-refractivity contribution in [2.75, 3.05) is 6.61 Å². The van der Waals surface area contributed by atoms with Crippen molar-refractivity contribution in [2.45, 2.75) is 12.5 Å². The second-order valence-electron chi connectivity index (χ2n) is 4.34. The van der Waals surface area contributed by atoms with Crippen LogP contribution in [0.4, 0.5) is 4.39 Å². The summed E-state index contributed by atoms with van der Waals surface area (Å²) < 4.78 is 19.2. The first-order valence-electron chi connectivity index (χ1n) is 6.05. The van der Waals surface area contributed by atoms with Gasteiger partial charge in [-0.25, -0.2) is 4.39 Å². The van der Waals surface area contributed by atoms with Gasteiger partial charge >= 0.3 is 0 Å². The van der Waals surface area contributed by atoms with Crippen molar-refractivity contribution in [3.63, 3.8) is 0 Å². The Labute approximate surface area is 130 Å². The van der Waals surface area contributed by atoms with E-state index in [0.717, 1.165) is 0 Å². The van der Waals surface area contributed by atoms with E-state index in [1.54, 1.807) is 36.4 Å². The lowest BCUT2D eigenvalue weighted by Gasteiger charge is -2.13. The van der Waals surface area contributed by atoms with E-state index in [-0.39, 0.29) is 12.4 Å². The standard InChI is InChI=1S/C15H13BrClFO2/c16-15-10(3-1-6-14(15)18)7-12(19)9-20-13-5-2-4-11(17)8-13/h1-6,8,12,19H,7,9H2. The fraction of sp³-hybridized carbons (Fsp3) is 0.200. The van der Waals surface area contributed by atoms with Crippen molar-refractivity contribution in [1.29, 1.82) is 0 Å². The van der Waals surface area contributed by atoms with E-state index in [0.29, 0.717) is 27.2 Å². The Morgan fingerprint density at radius 3 is 2.75 bits per heavy atom. The molecule has 1 unspecified atom stereocenters. The van der Waals surface area contributed by atoms with E-state index in [9.17, 15) is 9.50 Å². The molecule has 2 nitrogen and oxygen atoms in total. The van der Waals surface area contributed by atoms with E-state index >= 15 is 0 Å². The SMILES string of the molecule is OC(COc1cccc(Cl)c1)Cc1cccc(F)c1Br. The Hall–Kier alpha value is -1.10. The third-order valence-corrected chi connectivity index (χ3v) is 3.85. The number of hydrogen-bond acceptors (Lipinski definition) is 2. The van der Waals surface area contributed by atoms with Crippen LogP contribution in [0.3, 0.4) is 0 Å². The Morgan fingerprint density at radius 2 is 2.00 bits per heavy atom. The summed E-state index contributed by atoms with van der Waals surface area (Å²) in [6.45, 7) is 0.114. The molecule has 2 aromatic rings. The maximum atomic E-state index is 13.4. The van der Waals surface area contributed by atoms with Gasteiger partial charge in [-0.15, -0.1) is 0 Å². The highest BCUT2D eigenvalue weighted by molar-refractivity contribution is 9.10. The molecule has 0 radical (unpaired) electrons. The van der Waals surface area contributed by atoms with Crippen molar-refractivity contribution in [1.82, 2.24) is 0 Å². The van der Waals surface area contributed by atoms with E-state index in [4.69, 9.17) is 16.3 Å². The number of aliphatic hydroxyl groups is 1. The highest BCUT2D eigenvalue weighted by Gasteiger charge is 2.11. The van der Waals surface area contributed by atoms with Gasteiger partial charge in [-0.05, 0) is 45.8 Å². The van der Waals surface area contributed by atoms with Gasteiger partial charge in [-0.3, -0.25) is 0 Å². The minimum absolute atomic E-state index is 0.114. The lowest BCUT2D eigenvalue weighted by atomic mass is 10.1. The van der Waals surface area contributed by atoms with Crippen LogP contribution in [0.25, 0.3) is 0 Å². The molecule has 0 aromatic heterocycles. The van der Waals surface area contributed by atoms with Gasteiger partial charge < -0.3 is 9.84 Å². The van der Waals surface area contributed by atoms with Gasteiger partial charge in [0, 0.05) is 11.4 Å². The molecule has 1 atom stereocenters. The van der Waals surface area contributed by atoms with Crippen LogP contribution in [-0.4, -0.2) is 17.8 Å². The summed E-state index contributed by atoms with van der Waals surface area (Å²) in [5.74, 6) is 0.250. The monoisotopic (exact) mass is 358 g/mol. The topological polar surface area (TPSA) is 29.5 Å². The molecule has 1 N–H and O–H groups in total. The largest absolute Gasteiger partial charge is 0.491 e. The Bertz CT molecular complexity index is 592. The Morgan fingerprint density at radius 1 is 1.25 bits per heavy atom. The number of hydrogen-bond donors (Lipinski definition) is 1. The van der Waals surface area contributed by atoms with Crippen LogP contribution in [0.1, 0.15) is 5.56 Å². The first-order chi connectivity index (χ1) is 9.56. The summed E-state index contributed by atoms with van der Waals surface area (Å²) in [6, 6.07) is 11.7. The van der Waals surface area contributed by atoms with E-state index in [2.05, 4.69) is 15.9 Å². The minimum Gasteiger partial charge on any atom is -0.491 e. The van der Waals surface area contributed by atoms with Crippen LogP contribution in [0.15, 0.2) is 46.9 Å². The summed E-state index contributed by atoms with van der Waals surface area (Å²) in [5, 5.41) is 10.5. The molecular formula is C15H13BrClFO2. The van der Waals surface area contributed by atoms with Crippen LogP contribution in [0.5, 0.6) is 5.75 Å². The molecule has 2 rings (SSSR count). The summed E-state index contributed by atoms with van der Waals surface area (Å²) >= 11 is 9.01. The molecule has 0 aliphatic rings. The third-order valence-electron chi connectivity index (χ3n) is 2.73. The molecule has 0 saturated heterocycles. The van der Waals surface area contributed by atoms with Gasteiger partial charge in [-0.2, -0.15) is 0 Å². The minimum atomic E-state index is -0.730. The number of halogens is 3. The van der Waals surface area contributed by atoms with Gasteiger partial charge in [0.25, 0.3) is 0 Å². The molecule has 0 aliphatic carbocycles. The molecule has 106 valence electrons. The lowest BCUT2D eigenvalue weighted by Crippen LogP contribution is -2.20. The van der Waals surface area contributed by atoms with Gasteiger partial charge in [-0.1, -0.05) is 29.8 Å². The first kappa shape index (κ1) is 15.3. The number of benzene rings is 2. The molecule has 5 heteroatoms. The molecule has 0 saturated carbocycles. The molecule has 0 aliphatic heterocycles. The van der Waals surface area contributed by atoms with Gasteiger partial charge in [0.2, 0.25) is 0 Å². The van der Waals surface area contributed by atoms with Crippen molar-refractivity contribution < 1.29 is 14.2 Å². The van der Waals surface area contributed by atoms with Crippen LogP contribution in [0.2, 0.25) is 5.02 Å². The van der Waals surface area contributed by atoms with Gasteiger partial charge in [0.15, 0.2) is 0 Å². The Balaban J connectivity index is 1.92. The van der Waals surface area contributed by atoms with E-state index < -0.39 is 6.10 Å². The van der Waals surface area contributed by atoms with E-state index in [1.807, 2.05) is 0 Å². The maximum Gasteiger partial charge on any atom is 0.137 e. The zero-order valence-electron chi connectivity index (χ0n) is 10.5. The molecule has 0 fully saturated rings. The number of ether oxygens (including phenoxy) is 1. The molecule has 0 bridgehead atoms. The summed E-state index contributed by atoms with van der Waals surface area (Å²) in [4.78, 5) is 0. The first-order valence-corrected chi connectivity index (χ1v) is 7.22. The van der Waals surface area contributed by atoms with Crippen molar-refractivity contribution in [3.8, 4) is 5.75 Å². The maximum absolute atomic E-state index is 13.4. The molecule has 0 spiro atoms. The molecule has 2 aromatic carbocycles. The molecule has 20 heavy (non-hydrogen) atoms. The zero-order valence-corrected chi connectivity index (χ0v) is 12.9. The quantitative estimate of drug-likeness (QED) is 0.866. The normalized spacial score (nSPS) is 12.2. The van der Waals surface area contributed by atoms with Crippen LogP contribution >= 0.6 is 27.5 Å². The molecule has 0 heterocycles. The summed E-state index contributed by atoms with van der Waals surface area (Å²) in [6.07, 6.45) is -0.425. The smallest absolute Gasteiger partial charge is 0.137 e. The van der Waals surface area contributed by atoms with Crippen molar-refractivity contribution in [3.05, 3.63) is 63.3 Å². The van der Waals surface area contributed by atoms with E-state index in [1.165, 1.54) is 6.07 Å². The zero-order chi connectivity index (χ0) is 14.5. The highest BCUT2D eigenvalue weighted by atomic mass is 79.9. The predicted octanol–water partition coefficient (Wildman–Crippen LogP) is 4.22. The average Bonchev–Trinajstić information content (AvgIpc) is 2.42. The van der Waals surface area contributed by atoms with Gasteiger partial charge in [0.05, 0.1) is 10.6 Å². The predicted molar refractivity (Wildman–Crippen MR) is 80.8 cm³/mol. The molecule has 0 amide bonds. The van der Waals surface area contributed by atoms with Crippen LogP contribution in [-0.2, 0) is 6.42 Å². The van der Waals surface area contributed by atoms with Crippen molar-refractivity contribution >= 4 is 27.5 Å². The van der Waals surface area contributed by atoms with Crippen LogP contribution < -0.4 is 4.74 Å². The fourth-order valence-corrected chi connectivity index (χ4v) is 2.37. The average molecular weight is 360 g/mol. The second kappa shape index (κ2) is 7.07. The van der Waals surface area contributed by atoms with Crippen LogP contribution in [0, 0.1) is 5.82 Å².